The number of aromatic amines is 1. The lowest BCUT2D eigenvalue weighted by Crippen LogP contribution is -2.34. The zero-order chi connectivity index (χ0) is 27.7. The standard InChI is InChI=1S/C30H34N3O5P/c1-3-33-28(23(2)29(34)32-30(33)35)20-24-14-16-27(17-15-24)31-18-19-39(36,37-21-25-10-6-4-7-11-25)38-22-26-12-8-5-9-13-26/h4-17,31H,3,18-22H2,1-2H3,(H,32,34,35). The molecule has 2 N–H and O–H groups in total. The number of hydrogen-bond acceptors (Lipinski definition) is 6. The van der Waals surface area contributed by atoms with Crippen LogP contribution in [0.5, 0.6) is 0 Å². The SMILES string of the molecule is CCn1c(Cc2ccc(NCCP(=O)(OCc3ccccc3)OCc3ccccc3)cc2)c(C)c(=O)[nH]c1=O. The summed E-state index contributed by atoms with van der Waals surface area (Å²) in [7, 11) is -3.39. The average molecular weight is 548 g/mol. The summed E-state index contributed by atoms with van der Waals surface area (Å²) < 4.78 is 26.9. The second-order valence-corrected chi connectivity index (χ2v) is 11.4. The highest BCUT2D eigenvalue weighted by Gasteiger charge is 2.25. The Kier molecular flexibility index (Phi) is 9.71. The number of nitrogens with one attached hydrogen (secondary N) is 2. The van der Waals surface area contributed by atoms with Crippen LogP contribution in [0.2, 0.25) is 0 Å². The summed E-state index contributed by atoms with van der Waals surface area (Å²) in [6.07, 6.45) is 0.665. The van der Waals surface area contributed by atoms with E-state index in [1.807, 2.05) is 91.9 Å². The molecule has 0 fully saturated rings. The number of hydrogen-bond donors (Lipinski definition) is 2. The monoisotopic (exact) mass is 547 g/mol. The molecule has 0 aliphatic carbocycles. The van der Waals surface area contributed by atoms with Gasteiger partial charge in [0.1, 0.15) is 0 Å². The molecule has 4 aromatic rings. The van der Waals surface area contributed by atoms with Crippen LogP contribution in [0.3, 0.4) is 0 Å². The molecule has 204 valence electrons. The molecule has 0 radical (unpaired) electrons. The van der Waals surface area contributed by atoms with Crippen molar-refractivity contribution in [3.63, 3.8) is 0 Å². The maximum atomic E-state index is 13.6. The smallest absolute Gasteiger partial charge is 0.333 e. The van der Waals surface area contributed by atoms with E-state index >= 15 is 0 Å². The first-order valence-electron chi connectivity index (χ1n) is 13.0. The van der Waals surface area contributed by atoms with Crippen LogP contribution in [0, 0.1) is 6.92 Å². The number of benzene rings is 3. The minimum Gasteiger partial charge on any atom is -0.384 e. The van der Waals surface area contributed by atoms with Crippen molar-refractivity contribution in [1.82, 2.24) is 9.55 Å². The summed E-state index contributed by atoms with van der Waals surface area (Å²) in [6, 6.07) is 27.0. The zero-order valence-electron chi connectivity index (χ0n) is 22.3. The van der Waals surface area contributed by atoms with Gasteiger partial charge >= 0.3 is 13.3 Å². The molecule has 0 atom stereocenters. The fourth-order valence-corrected chi connectivity index (χ4v) is 5.62. The van der Waals surface area contributed by atoms with Crippen LogP contribution in [0.1, 0.15) is 34.9 Å². The molecule has 0 spiro atoms. The van der Waals surface area contributed by atoms with Gasteiger partial charge < -0.3 is 14.4 Å². The molecule has 3 aromatic carbocycles. The first-order chi connectivity index (χ1) is 18.9. The molecule has 39 heavy (non-hydrogen) atoms. The highest BCUT2D eigenvalue weighted by Crippen LogP contribution is 2.49. The molecule has 0 aliphatic heterocycles. The molecule has 0 saturated heterocycles. The molecule has 0 saturated carbocycles. The van der Waals surface area contributed by atoms with Crippen molar-refractivity contribution < 1.29 is 13.6 Å². The van der Waals surface area contributed by atoms with Gasteiger partial charge in [-0.1, -0.05) is 72.8 Å². The summed E-state index contributed by atoms with van der Waals surface area (Å²) in [6.45, 7) is 4.88. The van der Waals surface area contributed by atoms with Crippen LogP contribution < -0.4 is 16.6 Å². The maximum Gasteiger partial charge on any atom is 0.333 e. The van der Waals surface area contributed by atoms with Gasteiger partial charge in [-0.15, -0.1) is 0 Å². The third kappa shape index (κ3) is 7.90. The highest BCUT2D eigenvalue weighted by molar-refractivity contribution is 7.53. The molecule has 4 rings (SSSR count). The van der Waals surface area contributed by atoms with Crippen LogP contribution in [-0.4, -0.2) is 22.3 Å². The molecular weight excluding hydrogens is 513 g/mol. The lowest BCUT2D eigenvalue weighted by atomic mass is 10.1. The van der Waals surface area contributed by atoms with E-state index in [-0.39, 0.29) is 24.9 Å². The van der Waals surface area contributed by atoms with Gasteiger partial charge in [-0.3, -0.25) is 18.9 Å². The summed E-state index contributed by atoms with van der Waals surface area (Å²) >= 11 is 0. The van der Waals surface area contributed by atoms with E-state index in [0.29, 0.717) is 30.8 Å². The van der Waals surface area contributed by atoms with Crippen molar-refractivity contribution in [1.29, 1.82) is 0 Å². The topological polar surface area (TPSA) is 102 Å². The molecule has 1 heterocycles. The van der Waals surface area contributed by atoms with Crippen LogP contribution in [0.15, 0.2) is 94.5 Å². The van der Waals surface area contributed by atoms with Gasteiger partial charge in [-0.25, -0.2) is 4.79 Å². The predicted molar refractivity (Wildman–Crippen MR) is 154 cm³/mol. The number of H-pyrrole nitrogens is 1. The fraction of sp³-hybridized carbons (Fsp3) is 0.267. The Labute approximate surface area is 228 Å². The molecule has 1 aromatic heterocycles. The van der Waals surface area contributed by atoms with E-state index in [4.69, 9.17) is 9.05 Å². The van der Waals surface area contributed by atoms with Gasteiger partial charge in [0.15, 0.2) is 0 Å². The molecular formula is C30H34N3O5P. The average Bonchev–Trinajstić information content (AvgIpc) is 2.96. The van der Waals surface area contributed by atoms with E-state index in [2.05, 4.69) is 10.3 Å². The van der Waals surface area contributed by atoms with Crippen molar-refractivity contribution in [3.05, 3.63) is 134 Å². The molecule has 0 amide bonds. The summed E-state index contributed by atoms with van der Waals surface area (Å²) in [5, 5.41) is 3.30. The maximum absolute atomic E-state index is 13.6. The Morgan fingerprint density at radius 3 is 1.92 bits per heavy atom. The summed E-state index contributed by atoms with van der Waals surface area (Å²) in [4.78, 5) is 26.7. The minimum atomic E-state index is -3.39. The largest absolute Gasteiger partial charge is 0.384 e. The van der Waals surface area contributed by atoms with Gasteiger partial charge in [-0.05, 0) is 42.7 Å². The lowest BCUT2D eigenvalue weighted by Gasteiger charge is -2.19. The van der Waals surface area contributed by atoms with Gasteiger partial charge in [0.25, 0.3) is 5.56 Å². The first-order valence-corrected chi connectivity index (χ1v) is 14.7. The number of anilines is 1. The van der Waals surface area contributed by atoms with E-state index in [0.717, 1.165) is 22.4 Å². The Bertz CT molecular complexity index is 1470. The zero-order valence-corrected chi connectivity index (χ0v) is 23.2. The quantitative estimate of drug-likeness (QED) is 0.215. The number of rotatable bonds is 13. The van der Waals surface area contributed by atoms with Crippen molar-refractivity contribution in [2.75, 3.05) is 18.0 Å². The Morgan fingerprint density at radius 1 is 0.821 bits per heavy atom. The van der Waals surface area contributed by atoms with Crippen molar-refractivity contribution in [2.45, 2.75) is 40.0 Å². The highest BCUT2D eigenvalue weighted by atomic mass is 31.2. The first kappa shape index (κ1) is 28.3. The van der Waals surface area contributed by atoms with Crippen LogP contribution in [0.4, 0.5) is 5.69 Å². The molecule has 8 nitrogen and oxygen atoms in total. The fourth-order valence-electron chi connectivity index (χ4n) is 4.21. The van der Waals surface area contributed by atoms with Crippen molar-refractivity contribution in [2.24, 2.45) is 0 Å². The third-order valence-electron chi connectivity index (χ3n) is 6.46. The lowest BCUT2D eigenvalue weighted by molar-refractivity contribution is 0.192. The van der Waals surface area contributed by atoms with Gasteiger partial charge in [0, 0.05) is 36.5 Å². The van der Waals surface area contributed by atoms with E-state index < -0.39 is 13.3 Å². The second kappa shape index (κ2) is 13.4. The molecule has 0 bridgehead atoms. The van der Waals surface area contributed by atoms with Gasteiger partial charge in [-0.2, -0.15) is 0 Å². The van der Waals surface area contributed by atoms with E-state index in [1.165, 1.54) is 0 Å². The summed E-state index contributed by atoms with van der Waals surface area (Å²) in [5.74, 6) is 0. The molecule has 0 unspecified atom stereocenters. The van der Waals surface area contributed by atoms with Crippen LogP contribution in [0.25, 0.3) is 0 Å². The Hall–Kier alpha value is -3.71. The predicted octanol–water partition coefficient (Wildman–Crippen LogP) is 5.49. The van der Waals surface area contributed by atoms with Crippen molar-refractivity contribution in [3.8, 4) is 0 Å². The Morgan fingerprint density at radius 2 is 1.38 bits per heavy atom. The molecule has 0 aliphatic rings. The van der Waals surface area contributed by atoms with Gasteiger partial charge in [0.2, 0.25) is 0 Å². The van der Waals surface area contributed by atoms with E-state index in [1.54, 1.807) is 11.5 Å². The Balaban J connectivity index is 1.38. The molecule has 9 heteroatoms. The van der Waals surface area contributed by atoms with Crippen LogP contribution >= 0.6 is 7.60 Å². The number of aromatic nitrogens is 2. The van der Waals surface area contributed by atoms with Crippen molar-refractivity contribution >= 4 is 13.3 Å². The second-order valence-electron chi connectivity index (χ2n) is 9.23. The third-order valence-corrected chi connectivity index (χ3v) is 8.28. The minimum absolute atomic E-state index is 0.198. The summed E-state index contributed by atoms with van der Waals surface area (Å²) in [5.41, 5.74) is 4.17. The van der Waals surface area contributed by atoms with Gasteiger partial charge in [0.05, 0.1) is 19.4 Å². The number of nitrogens with zero attached hydrogens (tertiary/aromatic N) is 1. The van der Waals surface area contributed by atoms with E-state index in [9.17, 15) is 14.2 Å². The normalized spacial score (nSPS) is 11.4. The van der Waals surface area contributed by atoms with Crippen LogP contribution in [-0.2, 0) is 39.8 Å².